The van der Waals surface area contributed by atoms with E-state index in [0.29, 0.717) is 13.2 Å². The lowest BCUT2D eigenvalue weighted by molar-refractivity contribution is -0.204. The van der Waals surface area contributed by atoms with Gasteiger partial charge in [-0.1, -0.05) is 6.07 Å². The maximum Gasteiger partial charge on any atom is 0.162 e. The van der Waals surface area contributed by atoms with E-state index in [1.165, 1.54) is 0 Å². The van der Waals surface area contributed by atoms with Gasteiger partial charge in [0.15, 0.2) is 5.79 Å². The van der Waals surface area contributed by atoms with Gasteiger partial charge in [0.05, 0.1) is 12.3 Å². The van der Waals surface area contributed by atoms with Gasteiger partial charge in [-0.05, 0) is 25.5 Å². The number of hydrogen-bond acceptors (Lipinski definition) is 4. The molecule has 0 saturated carbocycles. The minimum absolute atomic E-state index is 0.436. The van der Waals surface area contributed by atoms with Gasteiger partial charge in [-0.3, -0.25) is 4.98 Å². The quantitative estimate of drug-likeness (QED) is 0.747. The van der Waals surface area contributed by atoms with Gasteiger partial charge in [0.1, 0.15) is 0 Å². The Labute approximate surface area is 90.4 Å². The predicted octanol–water partition coefficient (Wildman–Crippen LogP) is 1.44. The van der Waals surface area contributed by atoms with E-state index in [-0.39, 0.29) is 0 Å². The average molecular weight is 210 g/mol. The highest BCUT2D eigenvalue weighted by atomic mass is 16.7. The van der Waals surface area contributed by atoms with Crippen LogP contribution in [-0.2, 0) is 22.6 Å². The van der Waals surface area contributed by atoms with E-state index >= 15 is 0 Å². The van der Waals surface area contributed by atoms with Crippen molar-refractivity contribution in [2.24, 2.45) is 5.73 Å². The molecule has 15 heavy (non-hydrogen) atoms. The fourth-order valence-corrected chi connectivity index (χ4v) is 0.968. The number of pyridine rings is 1. The molecule has 1 aromatic heterocycles. The summed E-state index contributed by atoms with van der Waals surface area (Å²) in [5.74, 6) is -0.575. The van der Waals surface area contributed by atoms with Crippen molar-refractivity contribution in [3.8, 4) is 0 Å². The van der Waals surface area contributed by atoms with Crippen LogP contribution >= 0.6 is 0 Å². The first-order chi connectivity index (χ1) is 7.07. The zero-order valence-corrected chi connectivity index (χ0v) is 9.49. The lowest BCUT2D eigenvalue weighted by atomic mass is 10.2. The van der Waals surface area contributed by atoms with Crippen molar-refractivity contribution in [1.82, 2.24) is 4.98 Å². The van der Waals surface area contributed by atoms with Crippen molar-refractivity contribution < 1.29 is 9.47 Å². The van der Waals surface area contributed by atoms with Gasteiger partial charge in [-0.2, -0.15) is 0 Å². The molecule has 0 aliphatic rings. The molecule has 0 unspecified atom stereocenters. The molecule has 0 bridgehead atoms. The maximum atomic E-state index is 5.52. The first-order valence-corrected chi connectivity index (χ1v) is 4.90. The second-order valence-electron chi connectivity index (χ2n) is 3.75. The number of methoxy groups -OCH3 is 1. The van der Waals surface area contributed by atoms with Crippen LogP contribution in [0.25, 0.3) is 0 Å². The Bertz CT molecular complexity index is 296. The summed E-state index contributed by atoms with van der Waals surface area (Å²) in [7, 11) is 1.62. The van der Waals surface area contributed by atoms with Gasteiger partial charge in [0.25, 0.3) is 0 Å². The highest BCUT2D eigenvalue weighted by Crippen LogP contribution is 2.12. The number of aromatic nitrogens is 1. The Morgan fingerprint density at radius 2 is 2.13 bits per heavy atom. The Morgan fingerprint density at radius 3 is 2.60 bits per heavy atom. The molecule has 4 nitrogen and oxygen atoms in total. The van der Waals surface area contributed by atoms with Crippen molar-refractivity contribution in [3.63, 3.8) is 0 Å². The molecule has 0 radical (unpaired) electrons. The minimum Gasteiger partial charge on any atom is -0.354 e. The number of nitrogens with two attached hydrogens (primary N) is 1. The molecule has 1 heterocycles. The van der Waals surface area contributed by atoms with Gasteiger partial charge in [-0.15, -0.1) is 0 Å². The maximum absolute atomic E-state index is 5.52. The van der Waals surface area contributed by atoms with Crippen molar-refractivity contribution in [3.05, 3.63) is 29.6 Å². The van der Waals surface area contributed by atoms with Crippen LogP contribution in [0.2, 0.25) is 0 Å². The SMILES string of the molecule is COC(C)(C)OCc1ccc(CN)cn1. The summed E-state index contributed by atoms with van der Waals surface area (Å²) in [6, 6.07) is 3.86. The second kappa shape index (κ2) is 5.21. The van der Waals surface area contributed by atoms with E-state index in [0.717, 1.165) is 11.3 Å². The number of hydrogen-bond donors (Lipinski definition) is 1. The summed E-state index contributed by atoms with van der Waals surface area (Å²) in [6.07, 6.45) is 1.76. The molecule has 1 aromatic rings. The van der Waals surface area contributed by atoms with E-state index in [1.807, 2.05) is 26.0 Å². The third-order valence-electron chi connectivity index (χ3n) is 2.18. The van der Waals surface area contributed by atoms with E-state index < -0.39 is 5.79 Å². The Hall–Kier alpha value is -0.970. The van der Waals surface area contributed by atoms with Crippen LogP contribution < -0.4 is 5.73 Å². The largest absolute Gasteiger partial charge is 0.354 e. The molecule has 1 rings (SSSR count). The zero-order valence-electron chi connectivity index (χ0n) is 9.49. The number of ether oxygens (including phenoxy) is 2. The topological polar surface area (TPSA) is 57.4 Å². The highest BCUT2D eigenvalue weighted by molar-refractivity contribution is 5.13. The van der Waals surface area contributed by atoms with Crippen LogP contribution in [0.1, 0.15) is 25.1 Å². The van der Waals surface area contributed by atoms with Crippen LogP contribution in [0.3, 0.4) is 0 Å². The first-order valence-electron chi connectivity index (χ1n) is 4.90. The molecule has 0 saturated heterocycles. The van der Waals surface area contributed by atoms with Crippen LogP contribution in [-0.4, -0.2) is 17.9 Å². The summed E-state index contributed by atoms with van der Waals surface area (Å²) < 4.78 is 10.7. The van der Waals surface area contributed by atoms with E-state index in [4.69, 9.17) is 15.2 Å². The molecule has 0 amide bonds. The van der Waals surface area contributed by atoms with Crippen LogP contribution in [0.5, 0.6) is 0 Å². The summed E-state index contributed by atoms with van der Waals surface area (Å²) in [4.78, 5) is 4.23. The molecule has 0 fully saturated rings. The number of nitrogens with zero attached hydrogens (tertiary/aromatic N) is 1. The second-order valence-corrected chi connectivity index (χ2v) is 3.75. The fourth-order valence-electron chi connectivity index (χ4n) is 0.968. The lowest BCUT2D eigenvalue weighted by Gasteiger charge is -2.23. The molecule has 84 valence electrons. The molecule has 0 spiro atoms. The average Bonchev–Trinajstić information content (AvgIpc) is 2.27. The molecule has 0 aromatic carbocycles. The summed E-state index contributed by atoms with van der Waals surface area (Å²) in [5, 5.41) is 0. The van der Waals surface area contributed by atoms with E-state index in [2.05, 4.69) is 4.98 Å². The molecular formula is C11H18N2O2. The molecule has 0 aliphatic heterocycles. The van der Waals surface area contributed by atoms with Crippen molar-refractivity contribution in [2.75, 3.05) is 7.11 Å². The molecule has 0 atom stereocenters. The first kappa shape index (κ1) is 12.1. The monoisotopic (exact) mass is 210 g/mol. The smallest absolute Gasteiger partial charge is 0.162 e. The van der Waals surface area contributed by atoms with Gasteiger partial charge in [0, 0.05) is 19.9 Å². The van der Waals surface area contributed by atoms with Crippen molar-refractivity contribution in [2.45, 2.75) is 32.8 Å². The lowest BCUT2D eigenvalue weighted by Crippen LogP contribution is -2.26. The van der Waals surface area contributed by atoms with Crippen molar-refractivity contribution >= 4 is 0 Å². The number of rotatable bonds is 5. The highest BCUT2D eigenvalue weighted by Gasteiger charge is 2.16. The third kappa shape index (κ3) is 3.95. The Balaban J connectivity index is 2.51. The summed E-state index contributed by atoms with van der Waals surface area (Å²) >= 11 is 0. The normalized spacial score (nSPS) is 11.7. The summed E-state index contributed by atoms with van der Waals surface area (Å²) in [6.45, 7) is 4.67. The minimum atomic E-state index is -0.575. The van der Waals surface area contributed by atoms with Crippen molar-refractivity contribution in [1.29, 1.82) is 0 Å². The van der Waals surface area contributed by atoms with E-state index in [1.54, 1.807) is 13.3 Å². The fraction of sp³-hybridized carbons (Fsp3) is 0.545. The van der Waals surface area contributed by atoms with Gasteiger partial charge in [-0.25, -0.2) is 0 Å². The molecule has 4 heteroatoms. The Kier molecular flexibility index (Phi) is 4.20. The standard InChI is InChI=1S/C11H18N2O2/c1-11(2,14-3)15-8-10-5-4-9(6-12)7-13-10/h4-5,7H,6,8,12H2,1-3H3. The Morgan fingerprint density at radius 1 is 1.40 bits per heavy atom. The molecule has 0 aliphatic carbocycles. The van der Waals surface area contributed by atoms with Gasteiger partial charge >= 0.3 is 0 Å². The predicted molar refractivity (Wildman–Crippen MR) is 58.0 cm³/mol. The third-order valence-corrected chi connectivity index (χ3v) is 2.18. The zero-order chi connectivity index (χ0) is 11.3. The molecular weight excluding hydrogens is 192 g/mol. The van der Waals surface area contributed by atoms with Crippen LogP contribution in [0, 0.1) is 0 Å². The van der Waals surface area contributed by atoms with Gasteiger partial charge in [0.2, 0.25) is 0 Å². The summed E-state index contributed by atoms with van der Waals surface area (Å²) in [5.41, 5.74) is 7.36. The molecule has 2 N–H and O–H groups in total. The van der Waals surface area contributed by atoms with Gasteiger partial charge < -0.3 is 15.2 Å². The van der Waals surface area contributed by atoms with Crippen LogP contribution in [0.15, 0.2) is 18.3 Å². The van der Waals surface area contributed by atoms with E-state index in [9.17, 15) is 0 Å². The van der Waals surface area contributed by atoms with Crippen LogP contribution in [0.4, 0.5) is 0 Å².